The molecule has 38 heavy (non-hydrogen) atoms. The molecular formula is C30H43N3O4S. The fraction of sp³-hybridized carbons (Fsp3) is 0.533. The van der Waals surface area contributed by atoms with Gasteiger partial charge >= 0.3 is 0 Å². The number of hydrogen-bond donors (Lipinski definition) is 1. The molecule has 1 saturated carbocycles. The number of carbonyl (C=O) groups excluding carboxylic acids is 2. The van der Waals surface area contributed by atoms with Crippen LogP contribution >= 0.6 is 0 Å². The number of benzene rings is 2. The third-order valence-electron chi connectivity index (χ3n) is 7.45. The van der Waals surface area contributed by atoms with E-state index < -0.39 is 16.1 Å². The Hall–Kier alpha value is -2.87. The van der Waals surface area contributed by atoms with E-state index in [4.69, 9.17) is 0 Å². The van der Waals surface area contributed by atoms with E-state index in [2.05, 4.69) is 5.32 Å². The van der Waals surface area contributed by atoms with Crippen LogP contribution in [0, 0.1) is 20.8 Å². The molecule has 3 rings (SSSR count). The average Bonchev–Trinajstić information content (AvgIpc) is 3.35. The third kappa shape index (κ3) is 8.06. The monoisotopic (exact) mass is 541 g/mol. The lowest BCUT2D eigenvalue weighted by atomic mass is 10.1. The van der Waals surface area contributed by atoms with Crippen LogP contribution in [0.2, 0.25) is 0 Å². The van der Waals surface area contributed by atoms with Gasteiger partial charge in [0.15, 0.2) is 0 Å². The van der Waals surface area contributed by atoms with Gasteiger partial charge in [0.2, 0.25) is 21.8 Å². The molecule has 0 unspecified atom stereocenters. The molecule has 1 fully saturated rings. The minimum atomic E-state index is -3.52. The fourth-order valence-electron chi connectivity index (χ4n) is 5.18. The average molecular weight is 542 g/mol. The normalized spacial score (nSPS) is 14.8. The number of aryl methyl sites for hydroxylation is 3. The van der Waals surface area contributed by atoms with Crippen molar-refractivity contribution in [1.29, 1.82) is 0 Å². The van der Waals surface area contributed by atoms with Crippen molar-refractivity contribution in [3.05, 3.63) is 64.7 Å². The van der Waals surface area contributed by atoms with E-state index in [1.807, 2.05) is 64.1 Å². The van der Waals surface area contributed by atoms with Crippen LogP contribution in [0.25, 0.3) is 0 Å². The Bertz CT molecular complexity index is 1220. The summed E-state index contributed by atoms with van der Waals surface area (Å²) < 4.78 is 26.6. The van der Waals surface area contributed by atoms with Gasteiger partial charge in [0.1, 0.15) is 6.04 Å². The Morgan fingerprint density at radius 1 is 1.03 bits per heavy atom. The van der Waals surface area contributed by atoms with Crippen LogP contribution in [-0.4, -0.2) is 50.0 Å². The van der Waals surface area contributed by atoms with Gasteiger partial charge in [-0.05, 0) is 75.3 Å². The van der Waals surface area contributed by atoms with Crippen LogP contribution in [0.3, 0.4) is 0 Å². The van der Waals surface area contributed by atoms with Gasteiger partial charge < -0.3 is 10.2 Å². The first kappa shape index (κ1) is 29.7. The molecule has 0 saturated heterocycles. The summed E-state index contributed by atoms with van der Waals surface area (Å²) in [5.74, 6) is -0.248. The molecule has 2 amide bonds. The standard InChI is InChI=1S/C30H43N3O4S/c1-6-28(30(35)31-26-13-7-8-14-26)32(21-25-12-9-11-22(2)19-25)29(34)15-10-18-33(38(5,36)37)27-17-16-23(3)24(4)20-27/h9,11-12,16-17,19-20,26,28H,6-8,10,13-15,18,21H2,1-5H3,(H,31,35)/t28-/m0/s1. The molecule has 1 atom stereocenters. The van der Waals surface area contributed by atoms with Crippen molar-refractivity contribution < 1.29 is 18.0 Å². The highest BCUT2D eigenvalue weighted by Gasteiger charge is 2.30. The first-order chi connectivity index (χ1) is 18.0. The van der Waals surface area contributed by atoms with Crippen molar-refractivity contribution in [2.45, 2.75) is 91.3 Å². The van der Waals surface area contributed by atoms with E-state index in [-0.39, 0.29) is 30.8 Å². The van der Waals surface area contributed by atoms with Crippen molar-refractivity contribution in [2.24, 2.45) is 0 Å². The molecule has 208 valence electrons. The van der Waals surface area contributed by atoms with E-state index >= 15 is 0 Å². The number of sulfonamides is 1. The van der Waals surface area contributed by atoms with E-state index in [0.717, 1.165) is 47.9 Å². The van der Waals surface area contributed by atoms with Crippen molar-refractivity contribution in [3.63, 3.8) is 0 Å². The third-order valence-corrected chi connectivity index (χ3v) is 8.65. The summed E-state index contributed by atoms with van der Waals surface area (Å²) in [6.45, 7) is 8.40. The molecule has 0 spiro atoms. The number of hydrogen-bond acceptors (Lipinski definition) is 4. The highest BCUT2D eigenvalue weighted by Crippen LogP contribution is 2.23. The molecule has 0 aromatic heterocycles. The summed E-state index contributed by atoms with van der Waals surface area (Å²) in [5, 5.41) is 3.17. The summed E-state index contributed by atoms with van der Waals surface area (Å²) in [6.07, 6.45) is 6.39. The molecule has 7 nitrogen and oxygen atoms in total. The zero-order valence-corrected chi connectivity index (χ0v) is 24.3. The molecule has 8 heteroatoms. The summed E-state index contributed by atoms with van der Waals surface area (Å²) in [6, 6.07) is 13.1. The van der Waals surface area contributed by atoms with Gasteiger partial charge in [-0.2, -0.15) is 0 Å². The summed E-state index contributed by atoms with van der Waals surface area (Å²) in [4.78, 5) is 28.6. The van der Waals surface area contributed by atoms with Crippen molar-refractivity contribution in [1.82, 2.24) is 10.2 Å². The van der Waals surface area contributed by atoms with Crippen molar-refractivity contribution >= 4 is 27.5 Å². The lowest BCUT2D eigenvalue weighted by Crippen LogP contribution is -2.51. The Morgan fingerprint density at radius 2 is 1.74 bits per heavy atom. The predicted octanol–water partition coefficient (Wildman–Crippen LogP) is 5.02. The van der Waals surface area contributed by atoms with E-state index in [1.54, 1.807) is 11.0 Å². The van der Waals surface area contributed by atoms with Gasteiger partial charge in [-0.3, -0.25) is 13.9 Å². The molecule has 0 heterocycles. The lowest BCUT2D eigenvalue weighted by molar-refractivity contribution is -0.141. The van der Waals surface area contributed by atoms with Crippen LogP contribution in [0.5, 0.6) is 0 Å². The van der Waals surface area contributed by atoms with E-state index in [9.17, 15) is 18.0 Å². The quantitative estimate of drug-likeness (QED) is 0.409. The molecule has 1 aliphatic carbocycles. The van der Waals surface area contributed by atoms with Gasteiger partial charge in [0.05, 0.1) is 11.9 Å². The number of carbonyl (C=O) groups is 2. The second-order valence-electron chi connectivity index (χ2n) is 10.6. The molecule has 2 aromatic carbocycles. The second kappa shape index (κ2) is 13.3. The summed E-state index contributed by atoms with van der Waals surface area (Å²) >= 11 is 0. The number of nitrogens with one attached hydrogen (secondary N) is 1. The minimum absolute atomic E-state index is 0.103. The molecule has 0 aliphatic heterocycles. The molecular weight excluding hydrogens is 498 g/mol. The highest BCUT2D eigenvalue weighted by atomic mass is 32.2. The fourth-order valence-corrected chi connectivity index (χ4v) is 6.14. The number of nitrogens with zero attached hydrogens (tertiary/aromatic N) is 2. The first-order valence-electron chi connectivity index (χ1n) is 13.7. The van der Waals surface area contributed by atoms with Crippen LogP contribution in [0.15, 0.2) is 42.5 Å². The maximum Gasteiger partial charge on any atom is 0.243 e. The zero-order valence-electron chi connectivity index (χ0n) is 23.5. The lowest BCUT2D eigenvalue weighted by Gasteiger charge is -2.32. The molecule has 0 radical (unpaired) electrons. The molecule has 1 aliphatic rings. The zero-order chi connectivity index (χ0) is 27.9. The van der Waals surface area contributed by atoms with Gasteiger partial charge in [-0.1, -0.05) is 55.7 Å². The van der Waals surface area contributed by atoms with Crippen LogP contribution < -0.4 is 9.62 Å². The topological polar surface area (TPSA) is 86.8 Å². The predicted molar refractivity (Wildman–Crippen MR) is 154 cm³/mol. The summed E-state index contributed by atoms with van der Waals surface area (Å²) in [7, 11) is -3.52. The van der Waals surface area contributed by atoms with Crippen molar-refractivity contribution in [3.8, 4) is 0 Å². The molecule has 2 aromatic rings. The Balaban J connectivity index is 1.76. The maximum atomic E-state index is 13.6. The number of anilines is 1. The van der Waals surface area contributed by atoms with Gasteiger partial charge in [0.25, 0.3) is 0 Å². The van der Waals surface area contributed by atoms with Gasteiger partial charge in [-0.15, -0.1) is 0 Å². The largest absolute Gasteiger partial charge is 0.352 e. The van der Waals surface area contributed by atoms with Gasteiger partial charge in [0, 0.05) is 25.6 Å². The van der Waals surface area contributed by atoms with Gasteiger partial charge in [-0.25, -0.2) is 8.42 Å². The first-order valence-corrected chi connectivity index (χ1v) is 15.5. The van der Waals surface area contributed by atoms with E-state index in [0.29, 0.717) is 25.1 Å². The number of rotatable bonds is 12. The Morgan fingerprint density at radius 3 is 2.34 bits per heavy atom. The molecule has 0 bridgehead atoms. The number of amides is 2. The second-order valence-corrected chi connectivity index (χ2v) is 12.5. The maximum absolute atomic E-state index is 13.6. The Kier molecular flexibility index (Phi) is 10.4. The van der Waals surface area contributed by atoms with Crippen LogP contribution in [0.4, 0.5) is 5.69 Å². The van der Waals surface area contributed by atoms with E-state index in [1.165, 1.54) is 10.6 Å². The summed E-state index contributed by atoms with van der Waals surface area (Å²) in [5.41, 5.74) is 4.76. The van der Waals surface area contributed by atoms with Crippen LogP contribution in [-0.2, 0) is 26.2 Å². The smallest absolute Gasteiger partial charge is 0.243 e. The minimum Gasteiger partial charge on any atom is -0.352 e. The SMILES string of the molecule is CC[C@@H](C(=O)NC1CCCC1)N(Cc1cccc(C)c1)C(=O)CCCN(c1ccc(C)c(C)c1)S(C)(=O)=O. The van der Waals surface area contributed by atoms with Crippen LogP contribution in [0.1, 0.15) is 74.1 Å². The van der Waals surface area contributed by atoms with Crippen molar-refractivity contribution in [2.75, 3.05) is 17.1 Å². The molecule has 1 N–H and O–H groups in total. The highest BCUT2D eigenvalue weighted by molar-refractivity contribution is 7.92. The Labute approximate surface area is 228 Å².